The van der Waals surface area contributed by atoms with Gasteiger partial charge in [-0.3, -0.25) is 4.98 Å². The van der Waals surface area contributed by atoms with Gasteiger partial charge in [-0.2, -0.15) is 9.97 Å². The molecule has 6 aromatic rings. The first-order chi connectivity index (χ1) is 23.2. The summed E-state index contributed by atoms with van der Waals surface area (Å²) in [5, 5.41) is 10.7. The number of halogens is 1. The Bertz CT molecular complexity index is 2070. The summed E-state index contributed by atoms with van der Waals surface area (Å²) in [5.74, 6) is 0.390. The standard InChI is InChI=1S/C20H22N2O2.C12H18O.C8H5ClN2O/c1-20(2,3)15-10-8-14(9-11-15)12-13-24-18-16-6-4-5-7-17(16)21-19(23)22-18;1-12(2,3)11-6-4-10(5-7-11)8-9-13;9-7-5-3-1-2-4-6(5)10-8(12)11-7/h4-11H,12-13H2,1-3H3,(H,21,22,23);4-7,13H,8-9H2,1-3H3;1-4H,(H,10,11,12). The van der Waals surface area contributed by atoms with Crippen LogP contribution in [0.3, 0.4) is 0 Å². The van der Waals surface area contributed by atoms with E-state index in [0.717, 1.165) is 29.1 Å². The molecule has 0 spiro atoms. The van der Waals surface area contributed by atoms with Gasteiger partial charge in [0.15, 0.2) is 0 Å². The van der Waals surface area contributed by atoms with Crippen LogP contribution in [0.5, 0.6) is 5.88 Å². The van der Waals surface area contributed by atoms with Gasteiger partial charge in [0.05, 0.1) is 23.0 Å². The van der Waals surface area contributed by atoms with Crippen molar-refractivity contribution in [2.75, 3.05) is 13.2 Å². The fraction of sp³-hybridized carbons (Fsp3) is 0.300. The third-order valence-corrected chi connectivity index (χ3v) is 8.15. The number of benzene rings is 4. The molecule has 2 aromatic heterocycles. The number of H-pyrrole nitrogens is 2. The monoisotopic (exact) mass is 680 g/mol. The smallest absolute Gasteiger partial charge is 0.348 e. The molecule has 8 nitrogen and oxygen atoms in total. The molecule has 0 radical (unpaired) electrons. The normalized spacial score (nSPS) is 11.3. The molecule has 0 aliphatic carbocycles. The largest absolute Gasteiger partial charge is 0.477 e. The number of ether oxygens (including phenoxy) is 1. The van der Waals surface area contributed by atoms with Gasteiger partial charge >= 0.3 is 11.4 Å². The molecular weight excluding hydrogens is 636 g/mol. The van der Waals surface area contributed by atoms with Crippen molar-refractivity contribution in [2.24, 2.45) is 0 Å². The van der Waals surface area contributed by atoms with Crippen LogP contribution in [0.25, 0.3) is 21.8 Å². The molecule has 256 valence electrons. The molecule has 0 atom stereocenters. The predicted octanol–water partition coefficient (Wildman–Crippen LogP) is 7.94. The van der Waals surface area contributed by atoms with Crippen molar-refractivity contribution in [3.8, 4) is 5.88 Å². The minimum absolute atomic E-state index is 0.156. The number of nitrogens with one attached hydrogen (secondary N) is 2. The fourth-order valence-corrected chi connectivity index (χ4v) is 5.22. The summed E-state index contributed by atoms with van der Waals surface area (Å²) >= 11 is 5.77. The van der Waals surface area contributed by atoms with Crippen LogP contribution in [0.1, 0.15) is 63.8 Å². The molecule has 0 saturated heterocycles. The minimum atomic E-state index is -0.418. The van der Waals surface area contributed by atoms with Crippen molar-refractivity contribution < 1.29 is 9.84 Å². The van der Waals surface area contributed by atoms with Crippen molar-refractivity contribution in [3.05, 3.63) is 145 Å². The van der Waals surface area contributed by atoms with Crippen molar-refractivity contribution in [1.82, 2.24) is 19.9 Å². The third-order valence-electron chi connectivity index (χ3n) is 7.85. The Kier molecular flexibility index (Phi) is 12.5. The van der Waals surface area contributed by atoms with E-state index in [-0.39, 0.29) is 17.4 Å². The van der Waals surface area contributed by atoms with Crippen molar-refractivity contribution in [2.45, 2.75) is 65.2 Å². The van der Waals surface area contributed by atoms with Crippen LogP contribution in [-0.4, -0.2) is 38.3 Å². The Morgan fingerprint density at radius 3 is 1.73 bits per heavy atom. The van der Waals surface area contributed by atoms with Gasteiger partial charge in [-0.05, 0) is 63.8 Å². The predicted molar refractivity (Wildman–Crippen MR) is 200 cm³/mol. The molecule has 0 saturated carbocycles. The van der Waals surface area contributed by atoms with E-state index < -0.39 is 11.4 Å². The molecule has 0 bridgehead atoms. The molecule has 2 heterocycles. The molecule has 0 amide bonds. The zero-order valence-electron chi connectivity index (χ0n) is 29.0. The minimum Gasteiger partial charge on any atom is -0.477 e. The van der Waals surface area contributed by atoms with Gasteiger partial charge in [0, 0.05) is 18.4 Å². The number of nitrogens with zero attached hydrogens (tertiary/aromatic N) is 2. The number of aliphatic hydroxyl groups excluding tert-OH is 1. The lowest BCUT2D eigenvalue weighted by molar-refractivity contribution is 0.299. The highest BCUT2D eigenvalue weighted by molar-refractivity contribution is 6.33. The summed E-state index contributed by atoms with van der Waals surface area (Å²) in [6.45, 7) is 13.9. The Labute approximate surface area is 292 Å². The van der Waals surface area contributed by atoms with Gasteiger partial charge in [0.2, 0.25) is 5.88 Å². The number of fused-ring (bicyclic) bond motifs is 2. The number of para-hydroxylation sites is 2. The van der Waals surface area contributed by atoms with E-state index in [2.05, 4.69) is 110 Å². The molecule has 0 aliphatic heterocycles. The maximum Gasteiger partial charge on any atom is 0.348 e. The van der Waals surface area contributed by atoms with E-state index in [9.17, 15) is 9.59 Å². The van der Waals surface area contributed by atoms with Crippen molar-refractivity contribution in [3.63, 3.8) is 0 Å². The first-order valence-electron chi connectivity index (χ1n) is 16.3. The second-order valence-electron chi connectivity index (χ2n) is 13.7. The lowest BCUT2D eigenvalue weighted by Crippen LogP contribution is -2.13. The molecule has 6 rings (SSSR count). The van der Waals surface area contributed by atoms with Gasteiger partial charge in [-0.15, -0.1) is 0 Å². The number of hydrogen-bond acceptors (Lipinski definition) is 6. The fourth-order valence-electron chi connectivity index (χ4n) is 4.98. The van der Waals surface area contributed by atoms with Gasteiger partial charge in [0.1, 0.15) is 5.15 Å². The lowest BCUT2D eigenvalue weighted by atomic mass is 9.86. The molecule has 4 aromatic carbocycles. The van der Waals surface area contributed by atoms with Crippen LogP contribution in [0.15, 0.2) is 107 Å². The van der Waals surface area contributed by atoms with E-state index in [1.165, 1.54) is 22.3 Å². The maximum absolute atomic E-state index is 11.6. The van der Waals surface area contributed by atoms with Crippen LogP contribution in [-0.2, 0) is 23.7 Å². The van der Waals surface area contributed by atoms with Crippen LogP contribution < -0.4 is 16.1 Å². The average Bonchev–Trinajstić information content (AvgIpc) is 3.05. The lowest BCUT2D eigenvalue weighted by Gasteiger charge is -2.19. The number of rotatable bonds is 6. The topological polar surface area (TPSA) is 121 Å². The summed E-state index contributed by atoms with van der Waals surface area (Å²) in [6, 6.07) is 31.8. The molecule has 0 fully saturated rings. The van der Waals surface area contributed by atoms with Crippen LogP contribution in [0, 0.1) is 0 Å². The van der Waals surface area contributed by atoms with E-state index in [4.69, 9.17) is 21.4 Å². The first kappa shape index (κ1) is 37.0. The van der Waals surface area contributed by atoms with Gasteiger partial charge in [0.25, 0.3) is 0 Å². The summed E-state index contributed by atoms with van der Waals surface area (Å²) in [6.07, 6.45) is 1.53. The highest BCUT2D eigenvalue weighted by atomic mass is 35.5. The number of hydrogen-bond donors (Lipinski definition) is 3. The summed E-state index contributed by atoms with van der Waals surface area (Å²) in [4.78, 5) is 35.3. The summed E-state index contributed by atoms with van der Waals surface area (Å²) in [7, 11) is 0. The molecular formula is C40H45ClN4O4. The average molecular weight is 681 g/mol. The van der Waals surface area contributed by atoms with Crippen LogP contribution in [0.4, 0.5) is 0 Å². The zero-order valence-corrected chi connectivity index (χ0v) is 29.8. The Hall–Kier alpha value is -4.79. The van der Waals surface area contributed by atoms with Crippen LogP contribution in [0.2, 0.25) is 5.15 Å². The van der Waals surface area contributed by atoms with E-state index in [1.807, 2.05) is 36.4 Å². The van der Waals surface area contributed by atoms with Crippen molar-refractivity contribution >= 4 is 33.4 Å². The summed E-state index contributed by atoms with van der Waals surface area (Å²) < 4.78 is 5.77. The van der Waals surface area contributed by atoms with Crippen LogP contribution >= 0.6 is 11.6 Å². The quantitative estimate of drug-likeness (QED) is 0.154. The third kappa shape index (κ3) is 10.9. The second kappa shape index (κ2) is 16.5. The van der Waals surface area contributed by atoms with Gasteiger partial charge < -0.3 is 14.8 Å². The summed E-state index contributed by atoms with van der Waals surface area (Å²) in [5.41, 5.74) is 5.99. The molecule has 3 N–H and O–H groups in total. The van der Waals surface area contributed by atoms with Crippen molar-refractivity contribution in [1.29, 1.82) is 0 Å². The van der Waals surface area contributed by atoms with E-state index in [1.54, 1.807) is 12.1 Å². The molecule has 0 unspecified atom stereocenters. The zero-order chi connectivity index (χ0) is 35.6. The second-order valence-corrected chi connectivity index (χ2v) is 14.1. The highest BCUT2D eigenvalue weighted by Crippen LogP contribution is 2.24. The van der Waals surface area contributed by atoms with Gasteiger partial charge in [-0.1, -0.05) is 126 Å². The van der Waals surface area contributed by atoms with Gasteiger partial charge in [-0.25, -0.2) is 9.59 Å². The molecule has 49 heavy (non-hydrogen) atoms. The Balaban J connectivity index is 0.000000182. The molecule has 9 heteroatoms. The number of aromatic nitrogens is 4. The number of aromatic amines is 2. The molecule has 0 aliphatic rings. The Morgan fingerprint density at radius 1 is 0.653 bits per heavy atom. The van der Waals surface area contributed by atoms with E-state index >= 15 is 0 Å². The highest BCUT2D eigenvalue weighted by Gasteiger charge is 2.14. The first-order valence-corrected chi connectivity index (χ1v) is 16.7. The SMILES string of the molecule is CC(C)(C)c1ccc(CCO)cc1.CC(C)(C)c1ccc(CCOc2nc(=O)[nH]c3ccccc23)cc1.O=c1nc2ccccc2c(Cl)[nH]1. The maximum atomic E-state index is 11.6. The number of aliphatic hydroxyl groups is 1. The van der Waals surface area contributed by atoms with E-state index in [0.29, 0.717) is 23.2 Å². The Morgan fingerprint density at radius 2 is 1.16 bits per heavy atom.